The van der Waals surface area contributed by atoms with Crippen LogP contribution in [0.4, 0.5) is 10.8 Å². The van der Waals surface area contributed by atoms with Crippen LogP contribution in [0, 0.1) is 10.1 Å². The molecule has 0 saturated heterocycles. The van der Waals surface area contributed by atoms with Crippen LogP contribution in [0.2, 0.25) is 0 Å². The summed E-state index contributed by atoms with van der Waals surface area (Å²) in [5.74, 6) is -0.866. The minimum absolute atomic E-state index is 0.0308. The van der Waals surface area contributed by atoms with Gasteiger partial charge in [-0.15, -0.1) is 11.3 Å². The number of hydrogen-bond donors (Lipinski definition) is 1. The third-order valence-corrected chi connectivity index (χ3v) is 4.40. The Morgan fingerprint density at radius 1 is 1.15 bits per heavy atom. The number of non-ortho nitro benzene ring substituents is 1. The largest absolute Gasteiger partial charge is 0.465 e. The number of anilines is 1. The Kier molecular flexibility index (Phi) is 5.23. The highest BCUT2D eigenvalue weighted by Crippen LogP contribution is 2.27. The van der Waals surface area contributed by atoms with Crippen LogP contribution in [-0.4, -0.2) is 28.9 Å². The fourth-order valence-electron chi connectivity index (χ4n) is 2.29. The van der Waals surface area contributed by atoms with E-state index < -0.39 is 10.9 Å². The van der Waals surface area contributed by atoms with E-state index in [0.29, 0.717) is 27.5 Å². The summed E-state index contributed by atoms with van der Waals surface area (Å²) in [6.45, 7) is 0. The number of nitro benzene ring substituents is 1. The average molecular weight is 383 g/mol. The molecule has 0 aliphatic rings. The maximum Gasteiger partial charge on any atom is 0.337 e. The molecule has 0 spiro atoms. The van der Waals surface area contributed by atoms with Crippen molar-refractivity contribution in [1.82, 2.24) is 4.98 Å². The summed E-state index contributed by atoms with van der Waals surface area (Å²) in [6.07, 6.45) is 0. The molecule has 0 aliphatic heterocycles. The number of esters is 1. The zero-order valence-corrected chi connectivity index (χ0v) is 14.9. The lowest BCUT2D eigenvalue weighted by molar-refractivity contribution is -0.384. The van der Waals surface area contributed by atoms with Gasteiger partial charge in [0.05, 0.1) is 23.3 Å². The lowest BCUT2D eigenvalue weighted by Gasteiger charge is -2.03. The number of amides is 1. The highest BCUT2D eigenvalue weighted by atomic mass is 32.1. The number of nitrogens with zero attached hydrogens (tertiary/aromatic N) is 2. The van der Waals surface area contributed by atoms with Crippen molar-refractivity contribution in [2.24, 2.45) is 0 Å². The predicted molar refractivity (Wildman–Crippen MR) is 99.9 cm³/mol. The smallest absolute Gasteiger partial charge is 0.337 e. The molecule has 8 nitrogen and oxygen atoms in total. The van der Waals surface area contributed by atoms with Crippen LogP contribution in [0.15, 0.2) is 53.9 Å². The van der Waals surface area contributed by atoms with Crippen molar-refractivity contribution in [3.63, 3.8) is 0 Å². The molecule has 1 heterocycles. The number of rotatable bonds is 5. The van der Waals surface area contributed by atoms with Gasteiger partial charge in [-0.05, 0) is 24.3 Å². The van der Waals surface area contributed by atoms with Gasteiger partial charge in [0.1, 0.15) is 0 Å². The molecule has 2 aromatic carbocycles. The Balaban J connectivity index is 1.74. The van der Waals surface area contributed by atoms with E-state index in [1.54, 1.807) is 17.5 Å². The minimum Gasteiger partial charge on any atom is -0.465 e. The molecule has 0 saturated carbocycles. The number of ether oxygens (including phenoxy) is 1. The van der Waals surface area contributed by atoms with Crippen molar-refractivity contribution >= 4 is 34.0 Å². The van der Waals surface area contributed by atoms with Crippen LogP contribution in [0.3, 0.4) is 0 Å². The van der Waals surface area contributed by atoms with Crippen molar-refractivity contribution in [1.29, 1.82) is 0 Å². The molecule has 1 amide bonds. The quantitative estimate of drug-likeness (QED) is 0.408. The molecule has 1 N–H and O–H groups in total. The Morgan fingerprint density at radius 2 is 1.85 bits per heavy atom. The molecular weight excluding hydrogens is 370 g/mol. The van der Waals surface area contributed by atoms with E-state index >= 15 is 0 Å². The van der Waals surface area contributed by atoms with E-state index in [1.807, 2.05) is 0 Å². The van der Waals surface area contributed by atoms with Gasteiger partial charge in [-0.1, -0.05) is 12.1 Å². The van der Waals surface area contributed by atoms with Gasteiger partial charge in [0.15, 0.2) is 5.13 Å². The number of nitrogens with one attached hydrogen (secondary N) is 1. The van der Waals surface area contributed by atoms with Crippen LogP contribution in [-0.2, 0) is 4.74 Å². The summed E-state index contributed by atoms with van der Waals surface area (Å²) < 4.78 is 4.61. The van der Waals surface area contributed by atoms with E-state index in [4.69, 9.17) is 0 Å². The summed E-state index contributed by atoms with van der Waals surface area (Å²) in [7, 11) is 1.28. The molecule has 3 aromatic rings. The van der Waals surface area contributed by atoms with E-state index in [-0.39, 0.29) is 11.6 Å². The fraction of sp³-hybridized carbons (Fsp3) is 0.0556. The average Bonchev–Trinajstić information content (AvgIpc) is 3.16. The third-order valence-electron chi connectivity index (χ3n) is 3.65. The molecular formula is C18H13N3O5S. The zero-order chi connectivity index (χ0) is 19.4. The van der Waals surface area contributed by atoms with Crippen molar-refractivity contribution in [2.75, 3.05) is 12.4 Å². The van der Waals surface area contributed by atoms with Gasteiger partial charge in [-0.2, -0.15) is 0 Å². The third kappa shape index (κ3) is 4.15. The number of thiazole rings is 1. The first-order valence-corrected chi connectivity index (χ1v) is 8.56. The number of benzene rings is 2. The van der Waals surface area contributed by atoms with E-state index in [0.717, 1.165) is 0 Å². The normalized spacial score (nSPS) is 10.3. The van der Waals surface area contributed by atoms with E-state index in [1.165, 1.54) is 54.8 Å². The highest BCUT2D eigenvalue weighted by molar-refractivity contribution is 7.14. The molecule has 1 aromatic heterocycles. The summed E-state index contributed by atoms with van der Waals surface area (Å²) in [6, 6.07) is 12.1. The van der Waals surface area contributed by atoms with Gasteiger partial charge in [-0.25, -0.2) is 9.78 Å². The van der Waals surface area contributed by atoms with Gasteiger partial charge in [0, 0.05) is 28.6 Å². The van der Waals surface area contributed by atoms with Gasteiger partial charge in [-0.3, -0.25) is 20.2 Å². The van der Waals surface area contributed by atoms with Crippen molar-refractivity contribution < 1.29 is 19.2 Å². The second-order valence-corrected chi connectivity index (χ2v) is 6.23. The van der Waals surface area contributed by atoms with E-state index in [9.17, 15) is 19.7 Å². The van der Waals surface area contributed by atoms with Crippen molar-refractivity contribution in [3.05, 3.63) is 75.2 Å². The van der Waals surface area contributed by atoms with Gasteiger partial charge in [0.25, 0.3) is 11.6 Å². The Morgan fingerprint density at radius 3 is 2.52 bits per heavy atom. The Hall–Kier alpha value is -3.59. The molecule has 27 heavy (non-hydrogen) atoms. The molecule has 3 rings (SSSR count). The lowest BCUT2D eigenvalue weighted by Crippen LogP contribution is -2.12. The first-order chi connectivity index (χ1) is 13.0. The highest BCUT2D eigenvalue weighted by Gasteiger charge is 2.13. The molecule has 0 bridgehead atoms. The summed E-state index contributed by atoms with van der Waals surface area (Å²) in [4.78, 5) is 38.4. The number of hydrogen-bond acceptors (Lipinski definition) is 7. The molecule has 9 heteroatoms. The number of carbonyl (C=O) groups is 2. The first kappa shape index (κ1) is 18.2. The van der Waals surface area contributed by atoms with Crippen LogP contribution in [0.1, 0.15) is 20.7 Å². The number of methoxy groups -OCH3 is 1. The van der Waals surface area contributed by atoms with Crippen LogP contribution in [0.5, 0.6) is 0 Å². The van der Waals surface area contributed by atoms with Gasteiger partial charge >= 0.3 is 5.97 Å². The van der Waals surface area contributed by atoms with Crippen LogP contribution >= 0.6 is 11.3 Å². The lowest BCUT2D eigenvalue weighted by atomic mass is 10.1. The SMILES string of the molecule is COC(=O)c1ccc(C(=O)Nc2nc(-c3cccc([N+](=O)[O-])c3)cs2)cc1. The van der Waals surface area contributed by atoms with Crippen molar-refractivity contribution in [3.8, 4) is 11.3 Å². The molecule has 0 radical (unpaired) electrons. The van der Waals surface area contributed by atoms with Crippen LogP contribution in [0.25, 0.3) is 11.3 Å². The number of carbonyl (C=O) groups excluding carboxylic acids is 2. The van der Waals surface area contributed by atoms with Gasteiger partial charge in [0.2, 0.25) is 0 Å². The standard InChI is InChI=1S/C18H13N3O5S/c1-26-17(23)12-7-5-11(6-8-12)16(22)20-18-19-15(10-27-18)13-3-2-4-14(9-13)21(24)25/h2-10H,1H3,(H,19,20,22). The monoisotopic (exact) mass is 383 g/mol. The maximum atomic E-state index is 12.3. The molecule has 0 fully saturated rings. The molecule has 0 unspecified atom stereocenters. The second-order valence-electron chi connectivity index (χ2n) is 5.37. The summed E-state index contributed by atoms with van der Waals surface area (Å²) >= 11 is 1.21. The molecule has 136 valence electrons. The number of aromatic nitrogens is 1. The summed E-state index contributed by atoms with van der Waals surface area (Å²) in [5.41, 5.74) is 1.78. The molecule has 0 atom stereocenters. The Labute approximate surface area is 157 Å². The number of nitro groups is 1. The maximum absolute atomic E-state index is 12.3. The van der Waals surface area contributed by atoms with Gasteiger partial charge < -0.3 is 4.74 Å². The van der Waals surface area contributed by atoms with Crippen LogP contribution < -0.4 is 5.32 Å². The first-order valence-electron chi connectivity index (χ1n) is 7.68. The summed E-state index contributed by atoms with van der Waals surface area (Å²) in [5, 5.41) is 15.6. The Bertz CT molecular complexity index is 1010. The fourth-order valence-corrected chi connectivity index (χ4v) is 3.00. The van der Waals surface area contributed by atoms with Crippen molar-refractivity contribution in [2.45, 2.75) is 0 Å². The van der Waals surface area contributed by atoms with E-state index in [2.05, 4.69) is 15.0 Å². The molecule has 0 aliphatic carbocycles. The predicted octanol–water partition coefficient (Wildman–Crippen LogP) is 3.76. The minimum atomic E-state index is -0.483. The zero-order valence-electron chi connectivity index (χ0n) is 14.0. The second kappa shape index (κ2) is 7.75. The topological polar surface area (TPSA) is 111 Å².